The van der Waals surface area contributed by atoms with Crippen molar-refractivity contribution in [3.8, 4) is 0 Å². The van der Waals surface area contributed by atoms with Gasteiger partial charge in [-0.2, -0.15) is 0 Å². The SMILES string of the molecule is Cc1nc(CN(C)C(C)CNc2ccccc2)cs1. The third-order valence-electron chi connectivity index (χ3n) is 3.21. The van der Waals surface area contributed by atoms with E-state index >= 15 is 0 Å². The first kappa shape index (κ1) is 14.0. The summed E-state index contributed by atoms with van der Waals surface area (Å²) in [5.74, 6) is 0. The maximum Gasteiger partial charge on any atom is 0.0897 e. The van der Waals surface area contributed by atoms with Crippen LogP contribution in [0.15, 0.2) is 35.7 Å². The van der Waals surface area contributed by atoms with Crippen molar-refractivity contribution < 1.29 is 0 Å². The molecule has 1 atom stereocenters. The summed E-state index contributed by atoms with van der Waals surface area (Å²) in [6.45, 7) is 6.12. The zero-order chi connectivity index (χ0) is 13.7. The Morgan fingerprint density at radius 2 is 2.05 bits per heavy atom. The number of likely N-dealkylation sites (N-methyl/N-ethyl adjacent to an activating group) is 1. The highest BCUT2D eigenvalue weighted by Crippen LogP contribution is 2.12. The molecule has 2 aromatic rings. The number of anilines is 1. The maximum atomic E-state index is 4.51. The van der Waals surface area contributed by atoms with E-state index in [0.29, 0.717) is 6.04 Å². The molecule has 0 bridgehead atoms. The molecule has 0 spiro atoms. The van der Waals surface area contributed by atoms with Crippen molar-refractivity contribution >= 4 is 17.0 Å². The lowest BCUT2D eigenvalue weighted by Gasteiger charge is -2.24. The number of thiazole rings is 1. The molecule has 0 radical (unpaired) electrons. The molecule has 19 heavy (non-hydrogen) atoms. The quantitative estimate of drug-likeness (QED) is 0.876. The maximum absolute atomic E-state index is 4.51. The molecule has 0 saturated carbocycles. The molecule has 0 aliphatic heterocycles. The van der Waals surface area contributed by atoms with Crippen molar-refractivity contribution in [1.82, 2.24) is 9.88 Å². The molecule has 0 fully saturated rings. The van der Waals surface area contributed by atoms with E-state index in [1.165, 1.54) is 5.69 Å². The van der Waals surface area contributed by atoms with Gasteiger partial charge in [-0.3, -0.25) is 4.90 Å². The predicted octanol–water partition coefficient (Wildman–Crippen LogP) is 3.38. The molecule has 0 saturated heterocycles. The van der Waals surface area contributed by atoms with E-state index < -0.39 is 0 Å². The first-order valence-corrected chi connectivity index (χ1v) is 7.43. The smallest absolute Gasteiger partial charge is 0.0897 e. The highest BCUT2D eigenvalue weighted by molar-refractivity contribution is 7.09. The third kappa shape index (κ3) is 4.33. The fourth-order valence-corrected chi connectivity index (χ4v) is 2.47. The lowest BCUT2D eigenvalue weighted by Crippen LogP contribution is -2.34. The van der Waals surface area contributed by atoms with Crippen LogP contribution in [0.3, 0.4) is 0 Å². The van der Waals surface area contributed by atoms with Gasteiger partial charge in [0, 0.05) is 30.2 Å². The van der Waals surface area contributed by atoms with Gasteiger partial charge in [-0.15, -0.1) is 11.3 Å². The molecule has 102 valence electrons. The number of hydrogen-bond donors (Lipinski definition) is 1. The second-order valence-electron chi connectivity index (χ2n) is 4.87. The van der Waals surface area contributed by atoms with E-state index in [9.17, 15) is 0 Å². The Labute approximate surface area is 119 Å². The molecule has 1 N–H and O–H groups in total. The van der Waals surface area contributed by atoms with Crippen LogP contribution in [-0.2, 0) is 6.54 Å². The van der Waals surface area contributed by atoms with Gasteiger partial charge in [0.25, 0.3) is 0 Å². The van der Waals surface area contributed by atoms with E-state index in [2.05, 4.69) is 65.7 Å². The lowest BCUT2D eigenvalue weighted by atomic mass is 10.2. The molecule has 1 unspecified atom stereocenters. The van der Waals surface area contributed by atoms with Crippen LogP contribution in [0.25, 0.3) is 0 Å². The Kier molecular flexibility index (Phi) is 4.93. The van der Waals surface area contributed by atoms with Gasteiger partial charge < -0.3 is 5.32 Å². The Morgan fingerprint density at radius 1 is 1.32 bits per heavy atom. The summed E-state index contributed by atoms with van der Waals surface area (Å²) in [4.78, 5) is 6.83. The van der Waals surface area contributed by atoms with Crippen LogP contribution in [-0.4, -0.2) is 29.5 Å². The van der Waals surface area contributed by atoms with Gasteiger partial charge in [-0.25, -0.2) is 4.98 Å². The molecule has 2 rings (SSSR count). The van der Waals surface area contributed by atoms with E-state index in [1.54, 1.807) is 11.3 Å². The Morgan fingerprint density at radius 3 is 2.68 bits per heavy atom. The summed E-state index contributed by atoms with van der Waals surface area (Å²) in [5.41, 5.74) is 2.34. The molecule has 1 aromatic carbocycles. The summed E-state index contributed by atoms with van der Waals surface area (Å²) in [5, 5.41) is 6.74. The molecule has 0 amide bonds. The molecule has 1 heterocycles. The van der Waals surface area contributed by atoms with Crippen LogP contribution in [0.5, 0.6) is 0 Å². The van der Waals surface area contributed by atoms with Gasteiger partial charge in [0.15, 0.2) is 0 Å². The van der Waals surface area contributed by atoms with E-state index in [0.717, 1.165) is 23.8 Å². The first-order chi connectivity index (χ1) is 9.15. The van der Waals surface area contributed by atoms with Gasteiger partial charge in [0.1, 0.15) is 0 Å². The van der Waals surface area contributed by atoms with Crippen molar-refractivity contribution in [2.75, 3.05) is 18.9 Å². The van der Waals surface area contributed by atoms with Crippen molar-refractivity contribution in [3.05, 3.63) is 46.4 Å². The zero-order valence-corrected chi connectivity index (χ0v) is 12.6. The van der Waals surface area contributed by atoms with Crippen molar-refractivity contribution in [1.29, 1.82) is 0 Å². The molecule has 1 aromatic heterocycles. The van der Waals surface area contributed by atoms with Crippen molar-refractivity contribution in [3.63, 3.8) is 0 Å². The van der Waals surface area contributed by atoms with Gasteiger partial charge in [-0.1, -0.05) is 18.2 Å². The van der Waals surface area contributed by atoms with Crippen LogP contribution in [0.2, 0.25) is 0 Å². The lowest BCUT2D eigenvalue weighted by molar-refractivity contribution is 0.256. The largest absolute Gasteiger partial charge is 0.383 e. The monoisotopic (exact) mass is 275 g/mol. The van der Waals surface area contributed by atoms with Gasteiger partial charge >= 0.3 is 0 Å². The fourth-order valence-electron chi connectivity index (χ4n) is 1.87. The van der Waals surface area contributed by atoms with Crippen LogP contribution in [0, 0.1) is 6.92 Å². The van der Waals surface area contributed by atoms with Crippen LogP contribution in [0.4, 0.5) is 5.69 Å². The minimum atomic E-state index is 0.460. The number of para-hydroxylation sites is 1. The molecule has 0 aliphatic carbocycles. The average Bonchev–Trinajstić information content (AvgIpc) is 2.82. The standard InChI is InChI=1S/C15H21N3S/c1-12(9-16-14-7-5-4-6-8-14)18(3)10-15-11-19-13(2)17-15/h4-8,11-12,16H,9-10H2,1-3H3. The van der Waals surface area contributed by atoms with E-state index in [1.807, 2.05) is 6.07 Å². The minimum Gasteiger partial charge on any atom is -0.383 e. The summed E-state index contributed by atoms with van der Waals surface area (Å²) >= 11 is 1.71. The number of hydrogen-bond acceptors (Lipinski definition) is 4. The second-order valence-corrected chi connectivity index (χ2v) is 5.93. The van der Waals surface area contributed by atoms with Crippen LogP contribution < -0.4 is 5.32 Å². The fraction of sp³-hybridized carbons (Fsp3) is 0.400. The first-order valence-electron chi connectivity index (χ1n) is 6.55. The summed E-state index contributed by atoms with van der Waals surface area (Å²) < 4.78 is 0. The van der Waals surface area contributed by atoms with Crippen LogP contribution >= 0.6 is 11.3 Å². The number of aromatic nitrogens is 1. The van der Waals surface area contributed by atoms with E-state index in [4.69, 9.17) is 0 Å². The van der Waals surface area contributed by atoms with E-state index in [-0.39, 0.29) is 0 Å². The molecule has 3 nitrogen and oxygen atoms in total. The zero-order valence-electron chi connectivity index (χ0n) is 11.8. The Balaban J connectivity index is 1.80. The number of rotatable bonds is 6. The predicted molar refractivity (Wildman–Crippen MR) is 82.7 cm³/mol. The Hall–Kier alpha value is -1.39. The number of aryl methyl sites for hydroxylation is 1. The normalized spacial score (nSPS) is 12.6. The summed E-state index contributed by atoms with van der Waals surface area (Å²) in [6, 6.07) is 10.8. The number of nitrogens with one attached hydrogen (secondary N) is 1. The van der Waals surface area contributed by atoms with Gasteiger partial charge in [0.2, 0.25) is 0 Å². The molecule has 0 aliphatic rings. The molecular weight excluding hydrogens is 254 g/mol. The second kappa shape index (κ2) is 6.68. The Bertz CT molecular complexity index is 495. The minimum absolute atomic E-state index is 0.460. The van der Waals surface area contributed by atoms with Crippen LogP contribution in [0.1, 0.15) is 17.6 Å². The van der Waals surface area contributed by atoms with Gasteiger partial charge in [-0.05, 0) is 33.0 Å². The highest BCUT2D eigenvalue weighted by atomic mass is 32.1. The molecule has 4 heteroatoms. The third-order valence-corrected chi connectivity index (χ3v) is 4.03. The number of nitrogens with zero attached hydrogens (tertiary/aromatic N) is 2. The van der Waals surface area contributed by atoms with Crippen molar-refractivity contribution in [2.24, 2.45) is 0 Å². The topological polar surface area (TPSA) is 28.2 Å². The van der Waals surface area contributed by atoms with Crippen molar-refractivity contribution in [2.45, 2.75) is 26.4 Å². The highest BCUT2D eigenvalue weighted by Gasteiger charge is 2.10. The molecular formula is C15H21N3S. The van der Waals surface area contributed by atoms with Gasteiger partial charge in [0.05, 0.1) is 10.7 Å². The average molecular weight is 275 g/mol. The number of benzene rings is 1. The summed E-state index contributed by atoms with van der Waals surface area (Å²) in [7, 11) is 2.14. The summed E-state index contributed by atoms with van der Waals surface area (Å²) in [6.07, 6.45) is 0.